The zero-order valence-electron chi connectivity index (χ0n) is 13.9. The molecule has 1 aromatic carbocycles. The Balaban J connectivity index is 1.72. The Morgan fingerprint density at radius 2 is 1.79 bits per heavy atom. The molecule has 0 aliphatic heterocycles. The topological polar surface area (TPSA) is 78.1 Å². The summed E-state index contributed by atoms with van der Waals surface area (Å²) in [5.41, 5.74) is 6.55. The molecule has 5 nitrogen and oxygen atoms in total. The van der Waals surface area contributed by atoms with Crippen molar-refractivity contribution in [2.75, 3.05) is 18.1 Å². The zero-order valence-corrected chi connectivity index (χ0v) is 16.4. The smallest absolute Gasteiger partial charge is 0.227 e. The number of hydrogen-bond donors (Lipinski definition) is 1. The van der Waals surface area contributed by atoms with E-state index in [1.165, 1.54) is 28.7 Å². The number of nitrogens with two attached hydrogens (primary N) is 1. The van der Waals surface area contributed by atoms with Crippen molar-refractivity contribution in [2.24, 2.45) is 5.73 Å². The van der Waals surface area contributed by atoms with Gasteiger partial charge in [0, 0.05) is 5.75 Å². The standard InChI is InChI=1S/C16H21N3O2S3/c1-16(2,3)11-4-6-12(7-5-11)21-8-9-22-14-18-19-15(24-14)23-10-13(17)20/h4-7H,8-10H2,1-3H3,(H2,17,20). The molecule has 2 aromatic rings. The van der Waals surface area contributed by atoms with Gasteiger partial charge >= 0.3 is 0 Å². The molecule has 2 rings (SSSR count). The predicted octanol–water partition coefficient (Wildman–Crippen LogP) is 3.58. The second-order valence-corrected chi connectivity index (χ2v) is 9.60. The first kappa shape index (κ1) is 19.1. The van der Waals surface area contributed by atoms with Crippen LogP contribution in [0.25, 0.3) is 0 Å². The van der Waals surface area contributed by atoms with Crippen molar-refractivity contribution in [1.29, 1.82) is 0 Å². The molecule has 0 saturated heterocycles. The van der Waals surface area contributed by atoms with E-state index >= 15 is 0 Å². The minimum absolute atomic E-state index is 0.149. The van der Waals surface area contributed by atoms with Gasteiger partial charge in [0.15, 0.2) is 8.68 Å². The van der Waals surface area contributed by atoms with Gasteiger partial charge in [0.1, 0.15) is 5.75 Å². The highest BCUT2D eigenvalue weighted by Gasteiger charge is 2.13. The Morgan fingerprint density at radius 1 is 1.17 bits per heavy atom. The van der Waals surface area contributed by atoms with E-state index in [0.717, 1.165) is 20.2 Å². The molecule has 1 amide bonds. The number of nitrogens with zero attached hydrogens (tertiary/aromatic N) is 2. The van der Waals surface area contributed by atoms with Crippen LogP contribution in [0.1, 0.15) is 26.3 Å². The van der Waals surface area contributed by atoms with Crippen molar-refractivity contribution in [1.82, 2.24) is 10.2 Å². The summed E-state index contributed by atoms with van der Waals surface area (Å²) in [5.74, 6) is 1.54. The van der Waals surface area contributed by atoms with Crippen molar-refractivity contribution in [3.8, 4) is 5.75 Å². The van der Waals surface area contributed by atoms with Crippen LogP contribution in [0.15, 0.2) is 32.9 Å². The van der Waals surface area contributed by atoms with E-state index in [-0.39, 0.29) is 17.1 Å². The Kier molecular flexibility index (Phi) is 6.94. The van der Waals surface area contributed by atoms with Crippen LogP contribution < -0.4 is 10.5 Å². The number of primary amides is 1. The summed E-state index contributed by atoms with van der Waals surface area (Å²) < 4.78 is 7.38. The van der Waals surface area contributed by atoms with Gasteiger partial charge in [-0.05, 0) is 23.1 Å². The maximum atomic E-state index is 10.7. The van der Waals surface area contributed by atoms with Crippen molar-refractivity contribution >= 4 is 40.8 Å². The fourth-order valence-corrected chi connectivity index (χ4v) is 4.43. The van der Waals surface area contributed by atoms with Crippen LogP contribution in [-0.2, 0) is 10.2 Å². The lowest BCUT2D eigenvalue weighted by molar-refractivity contribution is -0.115. The summed E-state index contributed by atoms with van der Waals surface area (Å²) in [6.07, 6.45) is 0. The van der Waals surface area contributed by atoms with Crippen molar-refractivity contribution in [2.45, 2.75) is 34.9 Å². The van der Waals surface area contributed by atoms with Crippen LogP contribution in [0.5, 0.6) is 5.75 Å². The molecular weight excluding hydrogens is 362 g/mol. The molecular formula is C16H21N3O2S3. The first-order valence-electron chi connectivity index (χ1n) is 7.45. The molecule has 1 heterocycles. The molecule has 0 radical (unpaired) electrons. The van der Waals surface area contributed by atoms with E-state index in [1.807, 2.05) is 12.1 Å². The third-order valence-electron chi connectivity index (χ3n) is 3.02. The average Bonchev–Trinajstić information content (AvgIpc) is 2.97. The van der Waals surface area contributed by atoms with Crippen LogP contribution >= 0.6 is 34.9 Å². The quantitative estimate of drug-likeness (QED) is 0.554. The van der Waals surface area contributed by atoms with Crippen LogP contribution in [0, 0.1) is 0 Å². The van der Waals surface area contributed by atoms with Crippen LogP contribution in [-0.4, -0.2) is 34.2 Å². The summed E-state index contributed by atoms with van der Waals surface area (Å²) in [6.45, 7) is 7.18. The van der Waals surface area contributed by atoms with Gasteiger partial charge in [-0.25, -0.2) is 0 Å². The molecule has 0 fully saturated rings. The maximum Gasteiger partial charge on any atom is 0.227 e. The Morgan fingerprint density at radius 3 is 2.38 bits per heavy atom. The number of carbonyl (C=O) groups excluding carboxylic acids is 1. The van der Waals surface area contributed by atoms with Gasteiger partial charge in [-0.15, -0.1) is 10.2 Å². The number of carbonyl (C=O) groups is 1. The molecule has 1 aromatic heterocycles. The largest absolute Gasteiger partial charge is 0.493 e. The van der Waals surface area contributed by atoms with Gasteiger partial charge in [-0.1, -0.05) is 67.8 Å². The van der Waals surface area contributed by atoms with Crippen molar-refractivity contribution in [3.05, 3.63) is 29.8 Å². The van der Waals surface area contributed by atoms with E-state index in [0.29, 0.717) is 6.61 Å². The van der Waals surface area contributed by atoms with Gasteiger partial charge < -0.3 is 10.5 Å². The van der Waals surface area contributed by atoms with Crippen LogP contribution in [0.4, 0.5) is 0 Å². The fraction of sp³-hybridized carbons (Fsp3) is 0.438. The summed E-state index contributed by atoms with van der Waals surface area (Å²) in [5, 5.41) is 8.10. The summed E-state index contributed by atoms with van der Waals surface area (Å²) in [6, 6.07) is 8.23. The third kappa shape index (κ3) is 6.33. The fourth-order valence-electron chi connectivity index (χ4n) is 1.79. The lowest BCUT2D eigenvalue weighted by Crippen LogP contribution is -2.12. The molecule has 0 spiro atoms. The molecule has 0 unspecified atom stereocenters. The molecule has 24 heavy (non-hydrogen) atoms. The highest BCUT2D eigenvalue weighted by Crippen LogP contribution is 2.29. The molecule has 2 N–H and O–H groups in total. The Labute approximate surface area is 154 Å². The average molecular weight is 384 g/mol. The monoisotopic (exact) mass is 383 g/mol. The highest BCUT2D eigenvalue weighted by molar-refractivity contribution is 8.03. The van der Waals surface area contributed by atoms with E-state index in [4.69, 9.17) is 10.5 Å². The lowest BCUT2D eigenvalue weighted by atomic mass is 9.87. The maximum absolute atomic E-state index is 10.7. The summed E-state index contributed by atoms with van der Waals surface area (Å²) in [4.78, 5) is 10.7. The summed E-state index contributed by atoms with van der Waals surface area (Å²) in [7, 11) is 0. The first-order chi connectivity index (χ1) is 11.3. The Bertz CT molecular complexity index is 666. The number of benzene rings is 1. The van der Waals surface area contributed by atoms with Crippen molar-refractivity contribution < 1.29 is 9.53 Å². The molecule has 0 aliphatic carbocycles. The summed E-state index contributed by atoms with van der Waals surface area (Å²) >= 11 is 4.37. The van der Waals surface area contributed by atoms with E-state index in [2.05, 4.69) is 43.1 Å². The first-order valence-corrected chi connectivity index (χ1v) is 10.2. The number of aromatic nitrogens is 2. The number of thioether (sulfide) groups is 2. The van der Waals surface area contributed by atoms with Gasteiger partial charge in [0.25, 0.3) is 0 Å². The van der Waals surface area contributed by atoms with Gasteiger partial charge in [-0.3, -0.25) is 4.79 Å². The number of hydrogen-bond acceptors (Lipinski definition) is 7. The van der Waals surface area contributed by atoms with Gasteiger partial charge in [0.2, 0.25) is 5.91 Å². The normalized spacial score (nSPS) is 11.5. The minimum Gasteiger partial charge on any atom is -0.493 e. The molecule has 0 atom stereocenters. The highest BCUT2D eigenvalue weighted by atomic mass is 32.2. The minimum atomic E-state index is -0.352. The lowest BCUT2D eigenvalue weighted by Gasteiger charge is -2.19. The Hall–Kier alpha value is -1.25. The van der Waals surface area contributed by atoms with Crippen molar-refractivity contribution in [3.63, 3.8) is 0 Å². The zero-order chi connectivity index (χ0) is 17.6. The molecule has 130 valence electrons. The second kappa shape index (κ2) is 8.73. The third-order valence-corrected chi connectivity index (χ3v) is 6.20. The van der Waals surface area contributed by atoms with Gasteiger partial charge in [-0.2, -0.15) is 0 Å². The number of amides is 1. The van der Waals surface area contributed by atoms with E-state index in [1.54, 1.807) is 11.8 Å². The van der Waals surface area contributed by atoms with E-state index < -0.39 is 0 Å². The number of ether oxygens (including phenoxy) is 1. The molecule has 0 bridgehead atoms. The van der Waals surface area contributed by atoms with E-state index in [9.17, 15) is 4.79 Å². The second-order valence-electron chi connectivity index (χ2n) is 6.06. The SMILES string of the molecule is CC(C)(C)c1ccc(OCCSc2nnc(SCC(N)=O)s2)cc1. The molecule has 8 heteroatoms. The predicted molar refractivity (Wildman–Crippen MR) is 101 cm³/mol. The molecule has 0 aliphatic rings. The molecule has 0 saturated carbocycles. The number of rotatable bonds is 8. The van der Waals surface area contributed by atoms with Gasteiger partial charge in [0.05, 0.1) is 12.4 Å². The van der Waals surface area contributed by atoms with Crippen LogP contribution in [0.2, 0.25) is 0 Å². The van der Waals surface area contributed by atoms with Crippen LogP contribution in [0.3, 0.4) is 0 Å².